The summed E-state index contributed by atoms with van der Waals surface area (Å²) in [5, 5.41) is 22.6. The highest BCUT2D eigenvalue weighted by molar-refractivity contribution is 5.65. The van der Waals surface area contributed by atoms with Gasteiger partial charge in [-0.05, 0) is 12.1 Å². The molecule has 1 aromatic carbocycles. The van der Waals surface area contributed by atoms with E-state index < -0.39 is 0 Å². The molecule has 0 bridgehead atoms. The Hall–Kier alpha value is -3.12. The van der Waals surface area contributed by atoms with Crippen LogP contribution in [-0.4, -0.2) is 35.1 Å². The summed E-state index contributed by atoms with van der Waals surface area (Å²) in [5.74, 6) is 0.433. The molecule has 6 heteroatoms. The second kappa shape index (κ2) is 6.36. The number of nitriles is 2. The molecule has 104 valence electrons. The maximum atomic E-state index is 9.35. The summed E-state index contributed by atoms with van der Waals surface area (Å²) in [5.41, 5.74) is 1.57. The Morgan fingerprint density at radius 2 is 2.00 bits per heavy atom. The van der Waals surface area contributed by atoms with E-state index in [2.05, 4.69) is 16.2 Å². The molecule has 0 N–H and O–H groups in total. The lowest BCUT2D eigenvalue weighted by molar-refractivity contribution is 0.642. The molecule has 0 spiro atoms. The third kappa shape index (κ3) is 3.07. The number of aromatic nitrogens is 2. The van der Waals surface area contributed by atoms with E-state index in [0.717, 1.165) is 5.69 Å². The Balaban J connectivity index is 2.64. The minimum absolute atomic E-state index is 0.0766. The lowest BCUT2D eigenvalue weighted by Gasteiger charge is -2.05. The second-order valence-electron chi connectivity index (χ2n) is 4.55. The van der Waals surface area contributed by atoms with E-state index in [1.165, 1.54) is 0 Å². The lowest BCUT2D eigenvalue weighted by atomic mass is 10.2. The molecule has 0 aliphatic carbocycles. The number of nitrogens with zero attached hydrogens (tertiary/aromatic N) is 6. The van der Waals surface area contributed by atoms with Gasteiger partial charge in [0.2, 0.25) is 0 Å². The van der Waals surface area contributed by atoms with Crippen LogP contribution in [0.15, 0.2) is 35.3 Å². The maximum Gasteiger partial charge on any atom is 0.175 e. The van der Waals surface area contributed by atoms with Crippen LogP contribution in [0, 0.1) is 22.7 Å². The van der Waals surface area contributed by atoms with Crippen molar-refractivity contribution < 1.29 is 0 Å². The van der Waals surface area contributed by atoms with Gasteiger partial charge >= 0.3 is 0 Å². The zero-order valence-corrected chi connectivity index (χ0v) is 11.9. The van der Waals surface area contributed by atoms with Crippen LogP contribution in [0.2, 0.25) is 0 Å². The maximum absolute atomic E-state index is 9.35. The Kier molecular flexibility index (Phi) is 4.33. The summed E-state index contributed by atoms with van der Waals surface area (Å²) >= 11 is 0. The zero-order valence-electron chi connectivity index (χ0n) is 11.9. The van der Waals surface area contributed by atoms with Crippen LogP contribution in [-0.2, 0) is 6.42 Å². The normalized spacial score (nSPS) is 10.3. The molecule has 0 unspecified atom stereocenters. The van der Waals surface area contributed by atoms with Crippen LogP contribution in [0.25, 0.3) is 5.69 Å². The molecule has 2 rings (SSSR count). The van der Waals surface area contributed by atoms with Crippen LogP contribution in [0.1, 0.15) is 11.3 Å². The van der Waals surface area contributed by atoms with Gasteiger partial charge in [-0.3, -0.25) is 0 Å². The molecule has 1 aromatic heterocycles. The van der Waals surface area contributed by atoms with E-state index in [-0.39, 0.29) is 6.42 Å². The highest BCUT2D eigenvalue weighted by Crippen LogP contribution is 2.26. The van der Waals surface area contributed by atoms with Crippen LogP contribution in [0.3, 0.4) is 0 Å². The number of hydrogen-bond donors (Lipinski definition) is 0. The topological polar surface area (TPSA) is 81.0 Å². The Labute approximate surface area is 123 Å². The SMILES string of the molecule is CN(C)/C=N\c1c(C#N)c(CC#N)nn1-c1ccccc1. The number of para-hydroxylation sites is 1. The number of benzene rings is 1. The largest absolute Gasteiger partial charge is 0.369 e. The van der Waals surface area contributed by atoms with Gasteiger partial charge in [0.05, 0.1) is 30.2 Å². The van der Waals surface area contributed by atoms with Crippen molar-refractivity contribution in [1.29, 1.82) is 10.5 Å². The van der Waals surface area contributed by atoms with Gasteiger partial charge in [-0.2, -0.15) is 15.6 Å². The Bertz CT molecular complexity index is 728. The highest BCUT2D eigenvalue weighted by Gasteiger charge is 2.18. The fourth-order valence-corrected chi connectivity index (χ4v) is 1.80. The molecule has 0 fully saturated rings. The van der Waals surface area contributed by atoms with Gasteiger partial charge in [-0.1, -0.05) is 18.2 Å². The van der Waals surface area contributed by atoms with E-state index in [4.69, 9.17) is 5.26 Å². The van der Waals surface area contributed by atoms with E-state index in [1.54, 1.807) is 15.9 Å². The highest BCUT2D eigenvalue weighted by atomic mass is 15.3. The van der Waals surface area contributed by atoms with Crippen molar-refractivity contribution in [2.24, 2.45) is 4.99 Å². The summed E-state index contributed by atoms with van der Waals surface area (Å²) in [6.45, 7) is 0. The fourth-order valence-electron chi connectivity index (χ4n) is 1.80. The first-order valence-electron chi connectivity index (χ1n) is 6.32. The van der Waals surface area contributed by atoms with Crippen LogP contribution >= 0.6 is 0 Å². The first kappa shape index (κ1) is 14.3. The first-order chi connectivity index (χ1) is 10.2. The van der Waals surface area contributed by atoms with Crippen molar-refractivity contribution in [2.45, 2.75) is 6.42 Å². The number of aliphatic imine (C=N–C) groups is 1. The fraction of sp³-hybridized carbons (Fsp3) is 0.200. The minimum Gasteiger partial charge on any atom is -0.369 e. The average Bonchev–Trinajstić information content (AvgIpc) is 2.84. The van der Waals surface area contributed by atoms with E-state index in [9.17, 15) is 5.26 Å². The van der Waals surface area contributed by atoms with Crippen molar-refractivity contribution in [3.63, 3.8) is 0 Å². The molecule has 6 nitrogen and oxygen atoms in total. The molecular weight excluding hydrogens is 264 g/mol. The third-order valence-electron chi connectivity index (χ3n) is 2.70. The molecule has 0 aliphatic rings. The number of rotatable bonds is 4. The molecular formula is C15H14N6. The van der Waals surface area contributed by atoms with Crippen LogP contribution in [0.4, 0.5) is 5.82 Å². The lowest BCUT2D eigenvalue weighted by Crippen LogP contribution is -2.07. The minimum atomic E-state index is 0.0766. The molecule has 2 aromatic rings. The van der Waals surface area contributed by atoms with Crippen LogP contribution in [0.5, 0.6) is 0 Å². The molecule has 0 radical (unpaired) electrons. The molecule has 0 amide bonds. The summed E-state index contributed by atoms with van der Waals surface area (Å²) in [6, 6.07) is 13.5. The van der Waals surface area contributed by atoms with Crippen molar-refractivity contribution in [2.75, 3.05) is 14.1 Å². The van der Waals surface area contributed by atoms with E-state index >= 15 is 0 Å². The molecule has 0 aliphatic heterocycles. The first-order valence-corrected chi connectivity index (χ1v) is 6.32. The second-order valence-corrected chi connectivity index (χ2v) is 4.55. The van der Waals surface area contributed by atoms with Crippen molar-refractivity contribution in [3.05, 3.63) is 41.6 Å². The molecule has 0 atom stereocenters. The average molecular weight is 278 g/mol. The van der Waals surface area contributed by atoms with Crippen molar-refractivity contribution in [1.82, 2.24) is 14.7 Å². The molecule has 1 heterocycles. The smallest absolute Gasteiger partial charge is 0.175 e. The Morgan fingerprint density at radius 1 is 1.29 bits per heavy atom. The molecule has 0 saturated heterocycles. The van der Waals surface area contributed by atoms with Gasteiger partial charge < -0.3 is 4.90 Å². The quantitative estimate of drug-likeness (QED) is 0.633. The van der Waals surface area contributed by atoms with Crippen molar-refractivity contribution >= 4 is 12.2 Å². The van der Waals surface area contributed by atoms with Gasteiger partial charge in [-0.15, -0.1) is 0 Å². The van der Waals surface area contributed by atoms with Gasteiger partial charge in [0.15, 0.2) is 5.82 Å². The van der Waals surface area contributed by atoms with Crippen molar-refractivity contribution in [3.8, 4) is 17.8 Å². The number of hydrogen-bond acceptors (Lipinski definition) is 4. The van der Waals surface area contributed by atoms with Gasteiger partial charge in [0.25, 0.3) is 0 Å². The molecule has 21 heavy (non-hydrogen) atoms. The monoisotopic (exact) mass is 278 g/mol. The van der Waals surface area contributed by atoms with Gasteiger partial charge in [-0.25, -0.2) is 9.67 Å². The summed E-state index contributed by atoms with van der Waals surface area (Å²) in [4.78, 5) is 6.10. The predicted molar refractivity (Wildman–Crippen MR) is 79.4 cm³/mol. The van der Waals surface area contributed by atoms with Gasteiger partial charge in [0, 0.05) is 14.1 Å². The summed E-state index contributed by atoms with van der Waals surface area (Å²) < 4.78 is 1.59. The Morgan fingerprint density at radius 3 is 2.57 bits per heavy atom. The van der Waals surface area contributed by atoms with E-state index in [1.807, 2.05) is 50.5 Å². The summed E-state index contributed by atoms with van der Waals surface area (Å²) in [7, 11) is 3.68. The standard InChI is InChI=1S/C15H14N6/c1-20(2)11-18-15-13(10-17)14(8-9-16)19-21(15)12-6-4-3-5-7-12/h3-7,11H,8H2,1-2H3/b18-11-. The van der Waals surface area contributed by atoms with Gasteiger partial charge in [0.1, 0.15) is 11.6 Å². The van der Waals surface area contributed by atoms with E-state index in [0.29, 0.717) is 17.1 Å². The molecule has 0 saturated carbocycles. The van der Waals surface area contributed by atoms with Crippen LogP contribution < -0.4 is 0 Å². The zero-order chi connectivity index (χ0) is 15.2. The predicted octanol–water partition coefficient (Wildman–Crippen LogP) is 2.03. The third-order valence-corrected chi connectivity index (χ3v) is 2.70. The summed E-state index contributed by atoms with van der Waals surface area (Å²) in [6.07, 6.45) is 1.68.